The second-order valence-corrected chi connectivity index (χ2v) is 13.4. The zero-order chi connectivity index (χ0) is 30.9. The minimum atomic E-state index is -4.81. The fourth-order valence-electron chi connectivity index (χ4n) is 3.92. The Labute approximate surface area is 245 Å². The van der Waals surface area contributed by atoms with E-state index in [1.54, 1.807) is 25.1 Å². The van der Waals surface area contributed by atoms with E-state index in [1.807, 2.05) is 0 Å². The second kappa shape index (κ2) is 11.9. The first-order valence-electron chi connectivity index (χ1n) is 11.7. The van der Waals surface area contributed by atoms with E-state index < -0.39 is 53.4 Å². The minimum Gasteiger partial charge on any atom is -0.507 e. The lowest BCUT2D eigenvalue weighted by Crippen LogP contribution is -2.21. The number of rotatable bonds is 11. The molecule has 0 spiro atoms. The smallest absolute Gasteiger partial charge is 0.397 e. The summed E-state index contributed by atoms with van der Waals surface area (Å²) < 4.78 is 92.2. The lowest BCUT2D eigenvalue weighted by atomic mass is 10.1. The van der Waals surface area contributed by atoms with Crippen molar-refractivity contribution in [2.24, 2.45) is 0 Å². The molecule has 0 aliphatic carbocycles. The van der Waals surface area contributed by atoms with E-state index >= 15 is 0 Å². The van der Waals surface area contributed by atoms with Gasteiger partial charge in [-0.15, -0.1) is 0 Å². The van der Waals surface area contributed by atoms with E-state index in [9.17, 15) is 34.9 Å². The summed E-state index contributed by atoms with van der Waals surface area (Å²) in [4.78, 5) is 13.4. The summed E-state index contributed by atoms with van der Waals surface area (Å²) in [6, 6.07) is 12.4. The molecule has 0 radical (unpaired) electrons. The van der Waals surface area contributed by atoms with Crippen molar-refractivity contribution in [1.82, 2.24) is 15.0 Å². The molecule has 0 unspecified atom stereocenters. The molecular formula is C23H22ClN5O10S3. The molecule has 224 valence electrons. The third-order valence-electron chi connectivity index (χ3n) is 5.70. The van der Waals surface area contributed by atoms with Crippen molar-refractivity contribution in [1.29, 1.82) is 0 Å². The molecule has 19 heteroatoms. The Hall–Kier alpha value is -3.65. The van der Waals surface area contributed by atoms with Crippen LogP contribution in [0.25, 0.3) is 10.8 Å². The monoisotopic (exact) mass is 659 g/mol. The Morgan fingerprint density at radius 3 is 2.31 bits per heavy atom. The summed E-state index contributed by atoms with van der Waals surface area (Å²) in [5.74, 6) is -1.22. The van der Waals surface area contributed by atoms with Gasteiger partial charge in [0.1, 0.15) is 5.75 Å². The van der Waals surface area contributed by atoms with Crippen molar-refractivity contribution in [3.8, 4) is 5.75 Å². The van der Waals surface area contributed by atoms with Crippen molar-refractivity contribution in [2.75, 3.05) is 29.1 Å². The number of phenolic OH excluding ortho intramolecular Hbond substituents is 1. The second-order valence-electron chi connectivity index (χ2n) is 8.48. The largest absolute Gasteiger partial charge is 0.507 e. The highest BCUT2D eigenvalue weighted by Crippen LogP contribution is 2.36. The zero-order valence-corrected chi connectivity index (χ0v) is 24.6. The van der Waals surface area contributed by atoms with Crippen molar-refractivity contribution < 1.29 is 43.6 Å². The molecule has 1 aromatic heterocycles. The molecule has 15 nitrogen and oxygen atoms in total. The number of aromatic nitrogens is 3. The molecule has 3 aromatic carbocycles. The topological polar surface area (TPSA) is 226 Å². The van der Waals surface area contributed by atoms with Gasteiger partial charge in [0.25, 0.3) is 10.1 Å². The first kappa shape index (κ1) is 31.3. The van der Waals surface area contributed by atoms with Crippen LogP contribution in [0.2, 0.25) is 5.28 Å². The average molecular weight is 660 g/mol. The van der Waals surface area contributed by atoms with Gasteiger partial charge in [-0.25, -0.2) is 12.6 Å². The highest BCUT2D eigenvalue weighted by atomic mass is 35.5. The molecule has 0 bridgehead atoms. The molecule has 0 saturated heterocycles. The maximum atomic E-state index is 12.7. The fraction of sp³-hybridized carbons (Fsp3) is 0.174. The number of benzene rings is 3. The van der Waals surface area contributed by atoms with Crippen molar-refractivity contribution in [2.45, 2.75) is 16.7 Å². The molecule has 4 aromatic rings. The number of sulfone groups is 1. The maximum absolute atomic E-state index is 12.7. The van der Waals surface area contributed by atoms with Crippen LogP contribution in [0.5, 0.6) is 5.75 Å². The third kappa shape index (κ3) is 7.40. The van der Waals surface area contributed by atoms with Gasteiger partial charge < -0.3 is 15.3 Å². The van der Waals surface area contributed by atoms with Gasteiger partial charge in [0, 0.05) is 23.7 Å². The lowest BCUT2D eigenvalue weighted by Gasteiger charge is -2.22. The van der Waals surface area contributed by atoms with Gasteiger partial charge in [-0.1, -0.05) is 18.2 Å². The van der Waals surface area contributed by atoms with E-state index in [0.717, 1.165) is 6.07 Å². The summed E-state index contributed by atoms with van der Waals surface area (Å²) in [7, 11) is -13.4. The number of hydrogen-bond donors (Lipinski definition) is 4. The van der Waals surface area contributed by atoms with Crippen molar-refractivity contribution >= 4 is 76.0 Å². The Balaban J connectivity index is 1.67. The molecule has 42 heavy (non-hydrogen) atoms. The quantitative estimate of drug-likeness (QED) is 0.170. The zero-order valence-electron chi connectivity index (χ0n) is 21.4. The summed E-state index contributed by atoms with van der Waals surface area (Å²) in [5, 5.41) is 13.7. The molecule has 0 atom stereocenters. The summed E-state index contributed by atoms with van der Waals surface area (Å²) in [6.07, 6.45) is 0. The molecule has 4 rings (SSSR count). The summed E-state index contributed by atoms with van der Waals surface area (Å²) in [6.45, 7) is 1.19. The standard InChI is InChI=1S/C23H22ClN5O10S3/c1-2-29(15-6-4-7-16(12-15)40(31,32)10-9-39-42(36,37)38)23-27-21(24)26-22(28-23)25-18-8-3-5-14-11-17(41(33,34)35)13-19(30)20(14)18/h3-8,11-13,30H,2,9-10H2,1H3,(H,33,34,35)(H,36,37,38)(H,25,26,27,28). The Kier molecular flexibility index (Phi) is 8.88. The number of anilines is 4. The van der Waals surface area contributed by atoms with Gasteiger partial charge in [0.2, 0.25) is 17.2 Å². The number of aromatic hydroxyl groups is 1. The SMILES string of the molecule is CCN(c1cccc(S(=O)(=O)CCOS(=O)(=O)O)c1)c1nc(Cl)nc(Nc2cccc3cc(S(=O)(=O)O)cc(O)c23)n1. The Morgan fingerprint density at radius 1 is 0.929 bits per heavy atom. The number of hydrogen-bond acceptors (Lipinski definition) is 13. The molecule has 0 fully saturated rings. The van der Waals surface area contributed by atoms with Gasteiger partial charge in [-0.3, -0.25) is 9.11 Å². The van der Waals surface area contributed by atoms with Crippen LogP contribution in [0.1, 0.15) is 6.92 Å². The van der Waals surface area contributed by atoms with E-state index in [0.29, 0.717) is 5.69 Å². The Bertz CT molecular complexity index is 1990. The fourth-order valence-corrected chi connectivity index (χ4v) is 6.14. The molecule has 0 amide bonds. The number of nitrogens with zero attached hydrogens (tertiary/aromatic N) is 4. The van der Waals surface area contributed by atoms with Crippen LogP contribution < -0.4 is 10.2 Å². The number of halogens is 1. The van der Waals surface area contributed by atoms with Crippen LogP contribution in [-0.4, -0.2) is 73.3 Å². The molecule has 4 N–H and O–H groups in total. The predicted octanol–water partition coefficient (Wildman–Crippen LogP) is 3.13. The lowest BCUT2D eigenvalue weighted by molar-refractivity contribution is 0.284. The molecular weight excluding hydrogens is 638 g/mol. The van der Waals surface area contributed by atoms with Gasteiger partial charge in [-0.05, 0) is 54.2 Å². The van der Waals surface area contributed by atoms with E-state index in [-0.39, 0.29) is 45.1 Å². The van der Waals surface area contributed by atoms with Crippen LogP contribution in [0, 0.1) is 0 Å². The highest BCUT2D eigenvalue weighted by molar-refractivity contribution is 7.91. The number of fused-ring (bicyclic) bond motifs is 1. The first-order chi connectivity index (χ1) is 19.6. The highest BCUT2D eigenvalue weighted by Gasteiger charge is 2.21. The van der Waals surface area contributed by atoms with Crippen LogP contribution in [0.4, 0.5) is 23.3 Å². The van der Waals surface area contributed by atoms with Gasteiger partial charge in [0.15, 0.2) is 9.84 Å². The Morgan fingerprint density at radius 2 is 1.64 bits per heavy atom. The molecule has 0 aliphatic rings. The first-order valence-corrected chi connectivity index (χ1v) is 16.5. The third-order valence-corrected chi connectivity index (χ3v) is 8.84. The van der Waals surface area contributed by atoms with Gasteiger partial charge in [-0.2, -0.15) is 31.8 Å². The predicted molar refractivity (Wildman–Crippen MR) is 152 cm³/mol. The molecule has 0 aliphatic heterocycles. The summed E-state index contributed by atoms with van der Waals surface area (Å²) >= 11 is 6.17. The van der Waals surface area contributed by atoms with Crippen LogP contribution in [-0.2, 0) is 34.5 Å². The van der Waals surface area contributed by atoms with E-state index in [4.69, 9.17) is 16.2 Å². The number of nitrogens with one attached hydrogen (secondary N) is 1. The van der Waals surface area contributed by atoms with Crippen LogP contribution in [0.3, 0.4) is 0 Å². The normalized spacial score (nSPS) is 12.4. The molecule has 0 saturated carbocycles. The van der Waals surface area contributed by atoms with Crippen molar-refractivity contribution in [3.05, 3.63) is 59.9 Å². The molecule has 1 heterocycles. The van der Waals surface area contributed by atoms with Gasteiger partial charge >= 0.3 is 10.4 Å². The van der Waals surface area contributed by atoms with E-state index in [1.165, 1.54) is 35.2 Å². The van der Waals surface area contributed by atoms with Crippen LogP contribution >= 0.6 is 11.6 Å². The van der Waals surface area contributed by atoms with Gasteiger partial charge in [0.05, 0.1) is 27.8 Å². The summed E-state index contributed by atoms with van der Waals surface area (Å²) in [5.41, 5.74) is 0.603. The van der Waals surface area contributed by atoms with Crippen molar-refractivity contribution in [3.63, 3.8) is 0 Å². The average Bonchev–Trinajstić information content (AvgIpc) is 2.87. The minimum absolute atomic E-state index is 0.0161. The number of phenols is 1. The van der Waals surface area contributed by atoms with E-state index in [2.05, 4.69) is 24.5 Å². The maximum Gasteiger partial charge on any atom is 0.397 e. The van der Waals surface area contributed by atoms with Crippen LogP contribution in [0.15, 0.2) is 64.4 Å².